The largest absolute Gasteiger partial charge is 0.497 e. The van der Waals surface area contributed by atoms with Crippen molar-refractivity contribution >= 4 is 17.6 Å². The van der Waals surface area contributed by atoms with E-state index < -0.39 is 17.2 Å². The first-order valence-electron chi connectivity index (χ1n) is 5.67. The van der Waals surface area contributed by atoms with E-state index >= 15 is 0 Å². The van der Waals surface area contributed by atoms with E-state index in [0.717, 1.165) is 0 Å². The Morgan fingerprint density at radius 1 is 1.21 bits per heavy atom. The molecule has 1 unspecified atom stereocenters. The maximum absolute atomic E-state index is 11.9. The standard InChI is InChI=1S/C14H14O5/c1-8(15)14(17)12(16)5-4-9-6-10(18-2)7-11(19-3)13(9)14/h4-7,17H,1-3H3. The normalized spacial score (nSPS) is 20.9. The summed E-state index contributed by atoms with van der Waals surface area (Å²) in [6.45, 7) is 1.17. The van der Waals surface area contributed by atoms with Crippen molar-refractivity contribution in [2.24, 2.45) is 0 Å². The summed E-state index contributed by atoms with van der Waals surface area (Å²) in [5, 5.41) is 10.5. The van der Waals surface area contributed by atoms with E-state index in [0.29, 0.717) is 11.3 Å². The number of ether oxygens (including phenoxy) is 2. The van der Waals surface area contributed by atoms with Gasteiger partial charge in [-0.15, -0.1) is 0 Å². The van der Waals surface area contributed by atoms with E-state index in [2.05, 4.69) is 0 Å². The van der Waals surface area contributed by atoms with E-state index in [-0.39, 0.29) is 11.3 Å². The molecule has 0 saturated carbocycles. The molecule has 0 amide bonds. The molecule has 0 radical (unpaired) electrons. The first-order valence-corrected chi connectivity index (χ1v) is 5.67. The molecule has 0 spiro atoms. The van der Waals surface area contributed by atoms with Crippen molar-refractivity contribution in [3.05, 3.63) is 29.3 Å². The zero-order valence-electron chi connectivity index (χ0n) is 10.9. The summed E-state index contributed by atoms with van der Waals surface area (Å²) in [5.41, 5.74) is -1.51. The zero-order valence-corrected chi connectivity index (χ0v) is 10.9. The number of benzene rings is 1. The van der Waals surface area contributed by atoms with Crippen LogP contribution in [-0.2, 0) is 15.2 Å². The quantitative estimate of drug-likeness (QED) is 0.825. The van der Waals surface area contributed by atoms with Crippen LogP contribution in [0, 0.1) is 0 Å². The molecular weight excluding hydrogens is 248 g/mol. The van der Waals surface area contributed by atoms with E-state index in [1.54, 1.807) is 6.07 Å². The van der Waals surface area contributed by atoms with Gasteiger partial charge in [0.15, 0.2) is 11.6 Å². The minimum Gasteiger partial charge on any atom is -0.497 e. The van der Waals surface area contributed by atoms with Crippen molar-refractivity contribution in [3.8, 4) is 11.5 Å². The maximum Gasteiger partial charge on any atom is 0.215 e. The van der Waals surface area contributed by atoms with Crippen LogP contribution < -0.4 is 9.47 Å². The fourth-order valence-corrected chi connectivity index (χ4v) is 2.17. The smallest absolute Gasteiger partial charge is 0.215 e. The topological polar surface area (TPSA) is 72.8 Å². The van der Waals surface area contributed by atoms with Crippen LogP contribution in [0.2, 0.25) is 0 Å². The van der Waals surface area contributed by atoms with Gasteiger partial charge in [0.2, 0.25) is 5.60 Å². The predicted molar refractivity (Wildman–Crippen MR) is 68.2 cm³/mol. The maximum atomic E-state index is 11.9. The fraction of sp³-hybridized carbons (Fsp3) is 0.286. The van der Waals surface area contributed by atoms with Crippen molar-refractivity contribution in [1.82, 2.24) is 0 Å². The number of ketones is 2. The number of rotatable bonds is 3. The molecule has 1 aromatic rings. The van der Waals surface area contributed by atoms with Gasteiger partial charge in [-0.1, -0.05) is 6.08 Å². The Balaban J connectivity index is 2.80. The van der Waals surface area contributed by atoms with Gasteiger partial charge in [0.1, 0.15) is 11.5 Å². The summed E-state index contributed by atoms with van der Waals surface area (Å²) in [7, 11) is 2.90. The fourth-order valence-electron chi connectivity index (χ4n) is 2.17. The molecule has 0 aliphatic heterocycles. The molecule has 5 heteroatoms. The average molecular weight is 262 g/mol. The Hall–Kier alpha value is -2.14. The Bertz CT molecular complexity index is 588. The molecule has 1 aromatic carbocycles. The average Bonchev–Trinajstić information content (AvgIpc) is 2.41. The molecule has 0 heterocycles. The minimum atomic E-state index is -2.19. The molecule has 0 saturated heterocycles. The van der Waals surface area contributed by atoms with Gasteiger partial charge >= 0.3 is 0 Å². The Kier molecular flexibility index (Phi) is 3.16. The van der Waals surface area contributed by atoms with Gasteiger partial charge in [-0.25, -0.2) is 0 Å². The van der Waals surface area contributed by atoms with E-state index in [9.17, 15) is 14.7 Å². The van der Waals surface area contributed by atoms with Crippen LogP contribution in [-0.4, -0.2) is 30.9 Å². The van der Waals surface area contributed by atoms with Gasteiger partial charge in [-0.3, -0.25) is 9.59 Å². The molecule has 1 N–H and O–H groups in total. The highest BCUT2D eigenvalue weighted by atomic mass is 16.5. The van der Waals surface area contributed by atoms with Crippen LogP contribution in [0.25, 0.3) is 6.08 Å². The van der Waals surface area contributed by atoms with Crippen LogP contribution in [0.1, 0.15) is 18.1 Å². The highest BCUT2D eigenvalue weighted by Gasteiger charge is 2.47. The molecule has 0 fully saturated rings. The van der Waals surface area contributed by atoms with Gasteiger partial charge in [0, 0.05) is 11.6 Å². The zero-order chi connectivity index (χ0) is 14.2. The molecular formula is C14H14O5. The number of methoxy groups -OCH3 is 2. The van der Waals surface area contributed by atoms with E-state index in [1.807, 2.05) is 0 Å². The predicted octanol–water partition coefficient (Wildman–Crippen LogP) is 1.08. The van der Waals surface area contributed by atoms with Crippen LogP contribution in [0.5, 0.6) is 11.5 Å². The van der Waals surface area contributed by atoms with Crippen molar-refractivity contribution in [2.75, 3.05) is 14.2 Å². The summed E-state index contributed by atoms with van der Waals surface area (Å²) in [6, 6.07) is 3.16. The molecule has 0 aromatic heterocycles. The van der Waals surface area contributed by atoms with Crippen LogP contribution >= 0.6 is 0 Å². The Morgan fingerprint density at radius 3 is 2.42 bits per heavy atom. The molecule has 19 heavy (non-hydrogen) atoms. The van der Waals surface area contributed by atoms with Gasteiger partial charge in [0.25, 0.3) is 0 Å². The third-order valence-electron chi connectivity index (χ3n) is 3.20. The molecule has 1 aliphatic carbocycles. The molecule has 2 rings (SSSR count). The van der Waals surface area contributed by atoms with Gasteiger partial charge in [-0.2, -0.15) is 0 Å². The highest BCUT2D eigenvalue weighted by Crippen LogP contribution is 2.41. The lowest BCUT2D eigenvalue weighted by atomic mass is 9.79. The third-order valence-corrected chi connectivity index (χ3v) is 3.20. The third kappa shape index (κ3) is 1.82. The van der Waals surface area contributed by atoms with E-state index in [1.165, 1.54) is 39.4 Å². The minimum absolute atomic E-state index is 0.163. The highest BCUT2D eigenvalue weighted by molar-refractivity contribution is 6.18. The lowest BCUT2D eigenvalue weighted by molar-refractivity contribution is -0.147. The number of aliphatic hydroxyl groups is 1. The summed E-state index contributed by atoms with van der Waals surface area (Å²) < 4.78 is 10.3. The monoisotopic (exact) mass is 262 g/mol. The van der Waals surface area contributed by atoms with Crippen LogP contribution in [0.4, 0.5) is 0 Å². The summed E-state index contributed by atoms with van der Waals surface area (Å²) in [6.07, 6.45) is 2.71. The van der Waals surface area contributed by atoms with Crippen LogP contribution in [0.3, 0.4) is 0 Å². The van der Waals surface area contributed by atoms with Crippen molar-refractivity contribution in [2.45, 2.75) is 12.5 Å². The summed E-state index contributed by atoms with van der Waals surface area (Å²) in [4.78, 5) is 23.6. The molecule has 0 bridgehead atoms. The second-order valence-corrected chi connectivity index (χ2v) is 4.26. The number of fused-ring (bicyclic) bond motifs is 1. The lowest BCUT2D eigenvalue weighted by Crippen LogP contribution is -2.43. The summed E-state index contributed by atoms with van der Waals surface area (Å²) in [5.74, 6) is -0.562. The van der Waals surface area contributed by atoms with Crippen LogP contribution in [0.15, 0.2) is 18.2 Å². The summed E-state index contributed by atoms with van der Waals surface area (Å²) >= 11 is 0. The second kappa shape index (κ2) is 4.51. The molecule has 1 atom stereocenters. The molecule has 5 nitrogen and oxygen atoms in total. The number of carbonyl (C=O) groups is 2. The van der Waals surface area contributed by atoms with Gasteiger partial charge < -0.3 is 14.6 Å². The number of Topliss-reactive ketones (excluding diaryl/α,β-unsaturated/α-hetero) is 1. The van der Waals surface area contributed by atoms with E-state index in [4.69, 9.17) is 9.47 Å². The molecule has 1 aliphatic rings. The first-order chi connectivity index (χ1) is 8.94. The van der Waals surface area contributed by atoms with Gasteiger partial charge in [0.05, 0.1) is 14.2 Å². The van der Waals surface area contributed by atoms with Crippen molar-refractivity contribution < 1.29 is 24.2 Å². The van der Waals surface area contributed by atoms with Crippen molar-refractivity contribution in [1.29, 1.82) is 0 Å². The Labute approximate surface area is 110 Å². The lowest BCUT2D eigenvalue weighted by Gasteiger charge is -2.29. The first kappa shape index (κ1) is 13.3. The SMILES string of the molecule is COc1cc2c(c(OC)c1)C(O)(C(C)=O)C(=O)C=C2. The second-order valence-electron chi connectivity index (χ2n) is 4.26. The van der Waals surface area contributed by atoms with Crippen molar-refractivity contribution in [3.63, 3.8) is 0 Å². The number of hydrogen-bond donors (Lipinski definition) is 1. The number of hydrogen-bond acceptors (Lipinski definition) is 5. The Morgan fingerprint density at radius 2 is 1.89 bits per heavy atom. The van der Waals surface area contributed by atoms with Gasteiger partial charge in [-0.05, 0) is 24.6 Å². The molecule has 100 valence electrons. The number of carbonyl (C=O) groups excluding carboxylic acids is 2.